The zero-order valence-electron chi connectivity index (χ0n) is 13.9. The lowest BCUT2D eigenvalue weighted by Gasteiger charge is -2.20. The van der Waals surface area contributed by atoms with Crippen LogP contribution in [0.25, 0.3) is 5.70 Å². The Morgan fingerprint density at radius 2 is 1.96 bits per heavy atom. The molecule has 0 radical (unpaired) electrons. The lowest BCUT2D eigenvalue weighted by molar-refractivity contribution is 0.141. The van der Waals surface area contributed by atoms with Crippen LogP contribution < -0.4 is 16.9 Å². The maximum atomic E-state index is 11.7. The lowest BCUT2D eigenvalue weighted by Crippen LogP contribution is -2.36. The predicted octanol–water partition coefficient (Wildman–Crippen LogP) is 1.60. The van der Waals surface area contributed by atoms with E-state index in [9.17, 15) is 9.90 Å². The molecule has 128 valence electrons. The van der Waals surface area contributed by atoms with Gasteiger partial charge in [-0.25, -0.2) is 10.6 Å². The molecule has 0 spiro atoms. The number of hydrogen-bond donors (Lipinski definition) is 4. The van der Waals surface area contributed by atoms with Gasteiger partial charge in [0.25, 0.3) is 0 Å². The highest BCUT2D eigenvalue weighted by Gasteiger charge is 2.11. The highest BCUT2D eigenvalue weighted by Crippen LogP contribution is 2.17. The quantitative estimate of drug-likeness (QED) is 0.448. The second kappa shape index (κ2) is 8.89. The van der Waals surface area contributed by atoms with E-state index in [1.807, 2.05) is 0 Å². The van der Waals surface area contributed by atoms with Crippen molar-refractivity contribution in [1.82, 2.24) is 10.3 Å². The lowest BCUT2D eigenvalue weighted by atomic mass is 10.1. The number of phenolic OH excluding ortho intramolecular Hbond substituents is 1. The van der Waals surface area contributed by atoms with E-state index in [-0.39, 0.29) is 12.3 Å². The molecular weight excluding hydrogens is 296 g/mol. The molecule has 0 atom stereocenters. The number of nitrogens with one attached hydrogen (secondary N) is 1. The van der Waals surface area contributed by atoms with Crippen molar-refractivity contribution in [1.29, 1.82) is 0 Å². The number of benzene rings is 1. The van der Waals surface area contributed by atoms with Gasteiger partial charge in [0, 0.05) is 7.05 Å². The van der Waals surface area contributed by atoms with Crippen LogP contribution in [-0.2, 0) is 4.74 Å². The summed E-state index contributed by atoms with van der Waals surface area (Å²) in [6.07, 6.45) is 0.297. The number of carbonyl (C=O) groups is 1. The van der Waals surface area contributed by atoms with Gasteiger partial charge >= 0.3 is 6.09 Å². The summed E-state index contributed by atoms with van der Waals surface area (Å²) < 4.78 is 5.08. The first-order chi connectivity index (χ1) is 10.8. The van der Waals surface area contributed by atoms with Gasteiger partial charge in [-0.1, -0.05) is 13.8 Å². The fraction of sp³-hybridized carbons (Fsp3) is 0.438. The van der Waals surface area contributed by atoms with E-state index in [2.05, 4.69) is 19.2 Å². The summed E-state index contributed by atoms with van der Waals surface area (Å²) in [4.78, 5) is 11.7. The van der Waals surface area contributed by atoms with Crippen LogP contribution >= 0.6 is 0 Å². The monoisotopic (exact) mass is 322 g/mol. The molecule has 0 aromatic heterocycles. The molecule has 7 heteroatoms. The van der Waals surface area contributed by atoms with Gasteiger partial charge in [-0.15, -0.1) is 0 Å². The van der Waals surface area contributed by atoms with Gasteiger partial charge in [-0.2, -0.15) is 0 Å². The Morgan fingerprint density at radius 3 is 2.48 bits per heavy atom. The molecule has 0 aliphatic carbocycles. The first-order valence-electron chi connectivity index (χ1n) is 7.48. The molecule has 0 aliphatic rings. The van der Waals surface area contributed by atoms with Crippen molar-refractivity contribution in [2.75, 3.05) is 20.2 Å². The number of aromatic hydroxyl groups is 1. The number of nitrogens with two attached hydrogens (primary N) is 2. The summed E-state index contributed by atoms with van der Waals surface area (Å²) in [5, 5.41) is 13.3. The second-order valence-corrected chi connectivity index (χ2v) is 5.69. The Morgan fingerprint density at radius 1 is 1.35 bits per heavy atom. The fourth-order valence-corrected chi connectivity index (χ4v) is 1.81. The van der Waals surface area contributed by atoms with Gasteiger partial charge in [0.15, 0.2) is 0 Å². The number of hydrazine groups is 1. The van der Waals surface area contributed by atoms with Gasteiger partial charge in [-0.3, -0.25) is 0 Å². The summed E-state index contributed by atoms with van der Waals surface area (Å²) in [7, 11) is 1.63. The van der Waals surface area contributed by atoms with E-state index in [0.717, 1.165) is 6.42 Å². The van der Waals surface area contributed by atoms with Crippen LogP contribution in [0.3, 0.4) is 0 Å². The second-order valence-electron chi connectivity index (χ2n) is 5.69. The van der Waals surface area contributed by atoms with E-state index in [0.29, 0.717) is 29.5 Å². The van der Waals surface area contributed by atoms with Crippen LogP contribution in [0.15, 0.2) is 30.0 Å². The van der Waals surface area contributed by atoms with E-state index >= 15 is 0 Å². The van der Waals surface area contributed by atoms with E-state index < -0.39 is 6.09 Å². The molecule has 1 amide bonds. The summed E-state index contributed by atoms with van der Waals surface area (Å²) in [6, 6.07) is 6.41. The molecule has 0 aliphatic heterocycles. The van der Waals surface area contributed by atoms with Crippen LogP contribution in [0.1, 0.15) is 25.8 Å². The molecule has 6 N–H and O–H groups in total. The molecule has 0 unspecified atom stereocenters. The topological polar surface area (TPSA) is 114 Å². The summed E-state index contributed by atoms with van der Waals surface area (Å²) in [5.41, 5.74) is 7.75. The Bertz CT molecular complexity index is 539. The van der Waals surface area contributed by atoms with Crippen molar-refractivity contribution in [3.63, 3.8) is 0 Å². The molecule has 0 heterocycles. The number of rotatable bonds is 7. The Labute approximate surface area is 136 Å². The highest BCUT2D eigenvalue weighted by molar-refractivity contribution is 5.70. The Hall–Kier alpha value is -2.41. The molecular formula is C16H26N4O3. The maximum Gasteiger partial charge on any atom is 0.407 e. The van der Waals surface area contributed by atoms with Crippen LogP contribution in [0.5, 0.6) is 5.75 Å². The number of hydrogen-bond acceptors (Lipinski definition) is 6. The van der Waals surface area contributed by atoms with Gasteiger partial charge in [0.05, 0.1) is 24.5 Å². The highest BCUT2D eigenvalue weighted by atomic mass is 16.5. The maximum absolute atomic E-state index is 11.7. The number of nitrogens with zero attached hydrogens (tertiary/aromatic N) is 1. The fourth-order valence-electron chi connectivity index (χ4n) is 1.81. The van der Waals surface area contributed by atoms with Crippen LogP contribution in [0.2, 0.25) is 0 Å². The van der Waals surface area contributed by atoms with Gasteiger partial charge in [0.2, 0.25) is 0 Å². The number of carbonyl (C=O) groups excluding carboxylic acids is 1. The Balaban J connectivity index is 2.69. The van der Waals surface area contributed by atoms with Crippen molar-refractivity contribution >= 4 is 11.8 Å². The molecule has 0 fully saturated rings. The van der Waals surface area contributed by atoms with E-state index in [4.69, 9.17) is 16.3 Å². The molecule has 1 aromatic rings. The van der Waals surface area contributed by atoms with E-state index in [1.165, 1.54) is 17.1 Å². The molecule has 23 heavy (non-hydrogen) atoms. The minimum atomic E-state index is -0.511. The van der Waals surface area contributed by atoms with Gasteiger partial charge < -0.3 is 25.9 Å². The minimum Gasteiger partial charge on any atom is -0.508 e. The summed E-state index contributed by atoms with van der Waals surface area (Å²) >= 11 is 0. The molecule has 1 rings (SSSR count). The number of ether oxygens (including phenoxy) is 1. The largest absolute Gasteiger partial charge is 0.508 e. The summed E-state index contributed by atoms with van der Waals surface area (Å²) in [6.45, 7) is 4.63. The van der Waals surface area contributed by atoms with Crippen molar-refractivity contribution in [3.8, 4) is 5.75 Å². The van der Waals surface area contributed by atoms with Gasteiger partial charge in [0.1, 0.15) is 5.75 Å². The smallest absolute Gasteiger partial charge is 0.407 e. The average Bonchev–Trinajstić information content (AvgIpc) is 2.47. The normalized spacial score (nSPS) is 11.9. The molecule has 0 saturated carbocycles. The third-order valence-electron chi connectivity index (χ3n) is 3.24. The molecule has 7 nitrogen and oxygen atoms in total. The van der Waals surface area contributed by atoms with Crippen molar-refractivity contribution in [2.45, 2.75) is 20.3 Å². The first-order valence-corrected chi connectivity index (χ1v) is 7.48. The van der Waals surface area contributed by atoms with E-state index in [1.54, 1.807) is 19.2 Å². The van der Waals surface area contributed by atoms with Crippen molar-refractivity contribution in [3.05, 3.63) is 35.5 Å². The number of phenols is 1. The van der Waals surface area contributed by atoms with Crippen LogP contribution in [0, 0.1) is 5.92 Å². The first kappa shape index (κ1) is 18.6. The van der Waals surface area contributed by atoms with Crippen molar-refractivity contribution < 1.29 is 14.6 Å². The third-order valence-corrected chi connectivity index (χ3v) is 3.24. The number of amides is 1. The predicted molar refractivity (Wildman–Crippen MR) is 90.0 cm³/mol. The zero-order valence-corrected chi connectivity index (χ0v) is 13.9. The third kappa shape index (κ3) is 6.48. The zero-order chi connectivity index (χ0) is 17.4. The van der Waals surface area contributed by atoms with Crippen LogP contribution in [-0.4, -0.2) is 36.4 Å². The SMILES string of the molecule is CC(C)CCOC(=O)NC/C(=C(/N)c1ccc(O)cc1)N(C)N. The van der Waals surface area contributed by atoms with Crippen molar-refractivity contribution in [2.24, 2.45) is 17.5 Å². The van der Waals surface area contributed by atoms with Crippen LogP contribution in [0.4, 0.5) is 4.79 Å². The number of alkyl carbamates (subject to hydrolysis) is 1. The molecule has 0 saturated heterocycles. The molecule has 1 aromatic carbocycles. The van der Waals surface area contributed by atoms with Gasteiger partial charge in [-0.05, 0) is 42.2 Å². The average molecular weight is 322 g/mol. The minimum absolute atomic E-state index is 0.139. The Kier molecular flexibility index (Phi) is 7.21. The molecule has 0 bridgehead atoms. The standard InChI is InChI=1S/C16H26N4O3/c1-11(2)8-9-23-16(22)19-10-14(20(3)18)15(17)12-4-6-13(21)7-5-12/h4-7,11,21H,8-10,17-18H2,1-3H3,(H,19,22)/b15-14-. The number of likely N-dealkylation sites (N-methyl/N-ethyl adjacent to an activating group) is 1. The summed E-state index contributed by atoms with van der Waals surface area (Å²) in [5.74, 6) is 6.40.